The molecule has 0 aliphatic carbocycles. The molecule has 0 amide bonds. The number of hydrogen-bond donors (Lipinski definition) is 1. The van der Waals surface area contributed by atoms with Crippen molar-refractivity contribution in [3.05, 3.63) is 74.7 Å². The molecule has 3 rings (SSSR count). The van der Waals surface area contributed by atoms with Crippen molar-refractivity contribution in [2.24, 2.45) is 0 Å². The van der Waals surface area contributed by atoms with Crippen molar-refractivity contribution < 1.29 is 27.8 Å². The van der Waals surface area contributed by atoms with Crippen molar-refractivity contribution in [3.8, 4) is 11.4 Å². The maximum absolute atomic E-state index is 13.1. The molecule has 2 heterocycles. The fourth-order valence-corrected chi connectivity index (χ4v) is 3.80. The number of hydrogen-bond acceptors (Lipinski definition) is 6. The van der Waals surface area contributed by atoms with Crippen LogP contribution in [0.1, 0.15) is 70.3 Å². The van der Waals surface area contributed by atoms with Crippen molar-refractivity contribution in [2.75, 3.05) is 0 Å². The number of H-pyrrole nitrogens is 1. The molecule has 0 fully saturated rings. The first-order valence-electron chi connectivity index (χ1n) is 11.0. The minimum atomic E-state index is -2.92. The number of benzene rings is 1. The molecule has 3 aromatic rings. The number of aromatic nitrogens is 3. The highest BCUT2D eigenvalue weighted by Gasteiger charge is 2.27. The lowest BCUT2D eigenvalue weighted by atomic mass is 10.1. The summed E-state index contributed by atoms with van der Waals surface area (Å²) in [4.78, 5) is 45.1. The van der Waals surface area contributed by atoms with Crippen molar-refractivity contribution in [3.63, 3.8) is 0 Å². The molecule has 0 aliphatic heterocycles. The van der Waals surface area contributed by atoms with Gasteiger partial charge in [-0.15, -0.1) is 0 Å². The number of esters is 1. The number of nitrogens with one attached hydrogen (secondary N) is 1. The largest absolute Gasteiger partial charge is 0.450 e. The molecule has 0 saturated heterocycles. The Bertz CT molecular complexity index is 1310. The van der Waals surface area contributed by atoms with Crippen LogP contribution in [0.15, 0.2) is 35.1 Å². The average molecular weight is 488 g/mol. The van der Waals surface area contributed by atoms with Crippen LogP contribution in [0, 0.1) is 20.8 Å². The molecule has 0 radical (unpaired) electrons. The molecule has 0 bridgehead atoms. The van der Waals surface area contributed by atoms with Crippen LogP contribution in [0.2, 0.25) is 0 Å². The highest BCUT2D eigenvalue weighted by atomic mass is 19.3. The number of carbonyl (C=O) groups is 2. The van der Waals surface area contributed by atoms with Crippen LogP contribution in [0.4, 0.5) is 8.78 Å². The number of halogens is 2. The number of ketones is 1. The molecule has 35 heavy (non-hydrogen) atoms. The molecule has 186 valence electrons. The standard InChI is InChI=1S/C25H27F2N3O5/c1-12(2)22-28-14(4)20(23(32)29-22)24(33)34-16(6)21(31)19-11-13(3)30(15(19)5)17-7-9-18(10-8-17)35-25(26)27/h7-12,16,25H,1-6H3,(H,28,29,32)/t16-/m0/s1. The molecule has 0 unspecified atom stereocenters. The first-order chi connectivity index (χ1) is 16.4. The van der Waals surface area contributed by atoms with Crippen molar-refractivity contribution in [2.45, 2.75) is 60.2 Å². The smallest absolute Gasteiger partial charge is 0.387 e. The lowest BCUT2D eigenvalue weighted by Crippen LogP contribution is -2.30. The van der Waals surface area contributed by atoms with Gasteiger partial charge in [-0.1, -0.05) is 13.8 Å². The Morgan fingerprint density at radius 3 is 2.23 bits per heavy atom. The number of ether oxygens (including phenoxy) is 2. The van der Waals surface area contributed by atoms with Gasteiger partial charge in [-0.25, -0.2) is 9.78 Å². The molecule has 0 spiro atoms. The zero-order valence-corrected chi connectivity index (χ0v) is 20.3. The zero-order chi connectivity index (χ0) is 26.0. The molecular weight excluding hydrogens is 460 g/mol. The second kappa shape index (κ2) is 10.2. The summed E-state index contributed by atoms with van der Waals surface area (Å²) in [6.45, 7) is 7.28. The van der Waals surface area contributed by atoms with Crippen LogP contribution in [-0.4, -0.2) is 39.0 Å². The molecule has 1 atom stereocenters. The summed E-state index contributed by atoms with van der Waals surface area (Å²) in [6.07, 6.45) is -1.16. The Kier molecular flexibility index (Phi) is 7.52. The number of aromatic amines is 1. The monoisotopic (exact) mass is 487 g/mol. The molecule has 2 aromatic heterocycles. The highest BCUT2D eigenvalue weighted by molar-refractivity contribution is 6.02. The number of Topliss-reactive ketones (excluding diaryl/α,β-unsaturated/α-hetero) is 1. The van der Waals surface area contributed by atoms with Gasteiger partial charge in [0, 0.05) is 28.6 Å². The van der Waals surface area contributed by atoms with Gasteiger partial charge < -0.3 is 19.0 Å². The van der Waals surface area contributed by atoms with Crippen LogP contribution < -0.4 is 10.3 Å². The van der Waals surface area contributed by atoms with E-state index in [0.29, 0.717) is 28.5 Å². The van der Waals surface area contributed by atoms with Gasteiger partial charge in [0.25, 0.3) is 5.56 Å². The lowest BCUT2D eigenvalue weighted by Gasteiger charge is -2.14. The van der Waals surface area contributed by atoms with Crippen molar-refractivity contribution >= 4 is 11.8 Å². The number of nitrogens with zero attached hydrogens (tertiary/aromatic N) is 2. The number of alkyl halides is 2. The second-order valence-electron chi connectivity index (χ2n) is 8.47. The van der Waals surface area contributed by atoms with E-state index in [0.717, 1.165) is 0 Å². The summed E-state index contributed by atoms with van der Waals surface area (Å²) in [5, 5.41) is 0. The van der Waals surface area contributed by atoms with Gasteiger partial charge in [-0.3, -0.25) is 9.59 Å². The molecular formula is C25H27F2N3O5. The summed E-state index contributed by atoms with van der Waals surface area (Å²) in [7, 11) is 0. The van der Waals surface area contributed by atoms with Crippen LogP contribution in [0.3, 0.4) is 0 Å². The van der Waals surface area contributed by atoms with Gasteiger partial charge in [0.2, 0.25) is 5.78 Å². The Morgan fingerprint density at radius 1 is 1.06 bits per heavy atom. The third-order valence-electron chi connectivity index (χ3n) is 5.54. The second-order valence-corrected chi connectivity index (χ2v) is 8.47. The van der Waals surface area contributed by atoms with Gasteiger partial charge >= 0.3 is 12.6 Å². The van der Waals surface area contributed by atoms with E-state index in [1.165, 1.54) is 26.0 Å². The number of carbonyl (C=O) groups excluding carboxylic acids is 2. The van der Waals surface area contributed by atoms with E-state index in [9.17, 15) is 23.2 Å². The number of rotatable bonds is 8. The van der Waals surface area contributed by atoms with Gasteiger partial charge in [0.05, 0.1) is 5.69 Å². The predicted molar refractivity (Wildman–Crippen MR) is 125 cm³/mol. The van der Waals surface area contributed by atoms with Crippen LogP contribution in [0.25, 0.3) is 5.69 Å². The summed E-state index contributed by atoms with van der Waals surface area (Å²) in [6, 6.07) is 7.66. The Labute approximate surface area is 200 Å². The normalized spacial score (nSPS) is 12.2. The van der Waals surface area contributed by atoms with E-state index in [1.807, 2.05) is 13.8 Å². The minimum absolute atomic E-state index is 0.0178. The van der Waals surface area contributed by atoms with Crippen LogP contribution >= 0.6 is 0 Å². The first-order valence-corrected chi connectivity index (χ1v) is 11.0. The van der Waals surface area contributed by atoms with Crippen molar-refractivity contribution in [1.29, 1.82) is 0 Å². The maximum Gasteiger partial charge on any atom is 0.387 e. The van der Waals surface area contributed by atoms with Gasteiger partial charge in [-0.2, -0.15) is 8.78 Å². The lowest BCUT2D eigenvalue weighted by molar-refractivity contribution is -0.0498. The summed E-state index contributed by atoms with van der Waals surface area (Å²) in [5.74, 6) is -0.944. The van der Waals surface area contributed by atoms with Gasteiger partial charge in [0.15, 0.2) is 6.10 Å². The van der Waals surface area contributed by atoms with Gasteiger partial charge in [0.1, 0.15) is 17.1 Å². The van der Waals surface area contributed by atoms with Crippen LogP contribution in [-0.2, 0) is 4.74 Å². The molecule has 10 heteroatoms. The predicted octanol–water partition coefficient (Wildman–Crippen LogP) is 4.64. The fraction of sp³-hybridized carbons (Fsp3) is 0.360. The number of aryl methyl sites for hydroxylation is 2. The van der Waals surface area contributed by atoms with E-state index in [2.05, 4.69) is 14.7 Å². The fourth-order valence-electron chi connectivity index (χ4n) is 3.80. The van der Waals surface area contributed by atoms with Crippen LogP contribution in [0.5, 0.6) is 5.75 Å². The van der Waals surface area contributed by atoms with E-state index >= 15 is 0 Å². The molecule has 0 saturated carbocycles. The summed E-state index contributed by atoms with van der Waals surface area (Å²) < 4.78 is 36.3. The first kappa shape index (κ1) is 25.8. The molecule has 1 N–H and O–H groups in total. The summed E-state index contributed by atoms with van der Waals surface area (Å²) in [5.41, 5.74) is 1.62. The minimum Gasteiger partial charge on any atom is -0.450 e. The Hall–Kier alpha value is -3.82. The quantitative estimate of drug-likeness (QED) is 0.367. The SMILES string of the molecule is Cc1nc(C(C)C)[nH]c(=O)c1C(=O)O[C@@H](C)C(=O)c1cc(C)n(-c2ccc(OC(F)F)cc2)c1C. The molecule has 0 aliphatic rings. The van der Waals surface area contributed by atoms with E-state index in [1.54, 1.807) is 36.6 Å². The molecule has 1 aromatic carbocycles. The highest BCUT2D eigenvalue weighted by Crippen LogP contribution is 2.25. The average Bonchev–Trinajstić information content (AvgIpc) is 3.06. The topological polar surface area (TPSA) is 103 Å². The van der Waals surface area contributed by atoms with Gasteiger partial charge in [-0.05, 0) is 58.0 Å². The Morgan fingerprint density at radius 2 is 1.69 bits per heavy atom. The van der Waals surface area contributed by atoms with E-state index in [-0.39, 0.29) is 22.9 Å². The third-order valence-corrected chi connectivity index (χ3v) is 5.54. The summed E-state index contributed by atoms with van der Waals surface area (Å²) >= 11 is 0. The zero-order valence-electron chi connectivity index (χ0n) is 20.3. The van der Waals surface area contributed by atoms with E-state index in [4.69, 9.17) is 4.74 Å². The molecule has 8 nitrogen and oxygen atoms in total. The third kappa shape index (κ3) is 5.47. The van der Waals surface area contributed by atoms with Crippen molar-refractivity contribution in [1.82, 2.24) is 14.5 Å². The van der Waals surface area contributed by atoms with E-state index < -0.39 is 30.0 Å². The Balaban J connectivity index is 1.83. The maximum atomic E-state index is 13.1.